The predicted molar refractivity (Wildman–Crippen MR) is 397 cm³/mol. The van der Waals surface area contributed by atoms with Crippen LogP contribution in [0.4, 0.5) is 0 Å². The van der Waals surface area contributed by atoms with Crippen LogP contribution in [0.1, 0.15) is 105 Å². The van der Waals surface area contributed by atoms with Crippen molar-refractivity contribution >= 4 is 0 Å². The highest BCUT2D eigenvalue weighted by molar-refractivity contribution is 5.15. The van der Waals surface area contributed by atoms with Crippen molar-refractivity contribution in [2.24, 2.45) is 17.8 Å². The molecule has 8 heterocycles. The standard InChI is InChI=1S/C76H132O46/c1-29-11-7-6-8-16-36(29)110-48(89)28-105-70-60(101)66(44(24-84)116-76(70)120-62-40(20-80)107-33(5)52(93)54(62)95)118-72-58(99)56(97)64(42(22-82)114-72)122-74-68(50(91)31(3)38(18-78)112-74)104-27-47(88)109-35-14-9-12-34(13-10-15-35)108-46(87)26-103-67-49(90)30(2)37(17-77)111-73(67)121-63-41(21-81)113-71(57(98)55(63)96)117-65-43(23-83)115-75(69(59(65)100)102-25-45(85)86)119-61-39(19-79)106-32(4)51(92)53(61)94/h29-50,52,54-101H,6-28H2,1-5H3/t29-,30?,31?,32?,33?,34?,35?,36-,37?,38?,39?,40?,41?,42?,43?,44?,46?,47?,48?,49?,50?,52?,54?,55?,56?,57?,58?,59?,60?,61+,62+,63+,64+,65+,66+,67?,68?,69?,70?,71-,72-,73-,74-,75-,76-/m0/s1. The largest absolute Gasteiger partial charge is 0.506 e. The molecule has 10 rings (SSSR count). The normalized spacial score (nSPS) is 46.2. The fourth-order valence-electron chi connectivity index (χ4n) is 17.2. The van der Waals surface area contributed by atoms with Gasteiger partial charge in [0.1, 0.15) is 153 Å². The SMILES string of the molecule is CC1OC(CO)[C@@H](O[C@@H]2OC(CO)[C@@H](O[C@@H]3OC(CO)[C@@H](O[C@@H]4OC(CO)C(C)C(O)C4OCC(O)OC4CCCC(OC(O)COC5C(O)C(C)C(CO)O[C@H]5O[C@@H]5C(CO)O[C@@H](O[C@@H]6C(CO)O[C@@H](O[C@@H]7C(CO)OC(C)C(O)C7O)C(OCC(O)O[C@H]7CCCCC[C@@H]7C)C6O)C(O)C5O)CCC4)C(O)C3O)C(O)C2OCC(O)O)C(O)=C1O. The lowest BCUT2D eigenvalue weighted by molar-refractivity contribution is -0.389. The van der Waals surface area contributed by atoms with E-state index in [1.54, 1.807) is 0 Å². The highest BCUT2D eigenvalue weighted by atomic mass is 16.8. The number of hydrogen-bond acceptors (Lipinski definition) is 46. The van der Waals surface area contributed by atoms with E-state index in [0.717, 1.165) is 25.7 Å². The fraction of sp³-hybridized carbons (Fsp3) is 0.974. The van der Waals surface area contributed by atoms with Gasteiger partial charge >= 0.3 is 0 Å². The molecule has 43 atom stereocenters. The first-order valence-electron chi connectivity index (χ1n) is 42.0. The van der Waals surface area contributed by atoms with Gasteiger partial charge in [-0.15, -0.1) is 0 Å². The van der Waals surface area contributed by atoms with Crippen LogP contribution in [-0.4, -0.2) is 471 Å². The maximum Gasteiger partial charge on any atom is 0.187 e. The van der Waals surface area contributed by atoms with E-state index >= 15 is 0 Å². The molecule has 0 bridgehead atoms. The van der Waals surface area contributed by atoms with Crippen molar-refractivity contribution in [2.75, 3.05) is 79.3 Å². The van der Waals surface area contributed by atoms with Crippen LogP contribution in [0.3, 0.4) is 0 Å². The van der Waals surface area contributed by atoms with Crippen LogP contribution in [0.5, 0.6) is 0 Å². The first-order valence-corrected chi connectivity index (χ1v) is 42.0. The lowest BCUT2D eigenvalue weighted by Crippen LogP contribution is -2.67. The van der Waals surface area contributed by atoms with Gasteiger partial charge < -0.3 is 227 Å². The van der Waals surface area contributed by atoms with Crippen molar-refractivity contribution in [3.63, 3.8) is 0 Å². The summed E-state index contributed by atoms with van der Waals surface area (Å²) in [6.45, 7) is -1.55. The molecule has 46 nitrogen and oxygen atoms in total. The number of aliphatic hydroxyl groups excluding tert-OH is 24. The van der Waals surface area contributed by atoms with Gasteiger partial charge in [0.2, 0.25) is 0 Å². The first kappa shape index (κ1) is 102. The molecule has 46 heteroatoms. The number of aliphatic hydroxyl groups is 25. The minimum Gasteiger partial charge on any atom is -0.506 e. The molecule has 8 aliphatic heterocycles. The van der Waals surface area contributed by atoms with Gasteiger partial charge in [-0.05, 0) is 71.1 Å². The minimum absolute atomic E-state index is 0.0833. The second-order valence-corrected chi connectivity index (χ2v) is 33.1. The van der Waals surface area contributed by atoms with Gasteiger partial charge in [-0.3, -0.25) is 0 Å². The van der Waals surface area contributed by atoms with E-state index in [1.807, 2.05) is 6.92 Å². The molecule has 29 unspecified atom stereocenters. The molecule has 0 amide bonds. The van der Waals surface area contributed by atoms with Crippen molar-refractivity contribution in [2.45, 2.75) is 370 Å². The van der Waals surface area contributed by atoms with E-state index in [9.17, 15) is 128 Å². The molecule has 0 spiro atoms. The smallest absolute Gasteiger partial charge is 0.187 e. The highest BCUT2D eigenvalue weighted by Gasteiger charge is 2.59. The lowest BCUT2D eigenvalue weighted by Gasteiger charge is -2.50. The van der Waals surface area contributed by atoms with Crippen LogP contribution in [0.25, 0.3) is 0 Å². The molecule has 10 aliphatic rings. The molecule has 122 heavy (non-hydrogen) atoms. The van der Waals surface area contributed by atoms with Gasteiger partial charge in [-0.2, -0.15) is 0 Å². The summed E-state index contributed by atoms with van der Waals surface area (Å²) in [7, 11) is 0. The Labute approximate surface area is 703 Å². The Bertz CT molecular complexity index is 3020. The summed E-state index contributed by atoms with van der Waals surface area (Å²) < 4.78 is 125. The quantitative estimate of drug-likeness (QED) is 0.0202. The van der Waals surface area contributed by atoms with Crippen molar-refractivity contribution < 1.29 is 227 Å². The third-order valence-electron chi connectivity index (χ3n) is 24.5. The molecule has 0 aromatic rings. The highest BCUT2D eigenvalue weighted by Crippen LogP contribution is 2.41. The first-order chi connectivity index (χ1) is 58.2. The van der Waals surface area contributed by atoms with E-state index < -0.39 is 361 Å². The van der Waals surface area contributed by atoms with Crippen LogP contribution in [0, 0.1) is 17.8 Å². The minimum atomic E-state index is -2.15. The Hall–Kier alpha value is -2.42. The van der Waals surface area contributed by atoms with Gasteiger partial charge in [-0.25, -0.2) is 0 Å². The number of rotatable bonds is 38. The van der Waals surface area contributed by atoms with Gasteiger partial charge in [0.25, 0.3) is 0 Å². The molecule has 9 fully saturated rings. The van der Waals surface area contributed by atoms with Crippen molar-refractivity contribution in [1.82, 2.24) is 0 Å². The summed E-state index contributed by atoms with van der Waals surface area (Å²) in [6.07, 6.45) is -62.1. The molecular weight excluding hydrogens is 1650 g/mol. The summed E-state index contributed by atoms with van der Waals surface area (Å²) >= 11 is 0. The van der Waals surface area contributed by atoms with Crippen molar-refractivity contribution in [3.8, 4) is 0 Å². The van der Waals surface area contributed by atoms with Crippen LogP contribution in [0.2, 0.25) is 0 Å². The average molecular weight is 1780 g/mol. The van der Waals surface area contributed by atoms with Gasteiger partial charge in [-0.1, -0.05) is 40.0 Å². The number of hydrogen-bond donors (Lipinski definition) is 25. The molecule has 0 aromatic carbocycles. The topological polar surface area (TPSA) is 700 Å². The van der Waals surface area contributed by atoms with E-state index in [4.69, 9.17) is 99.5 Å². The Morgan fingerprint density at radius 1 is 0.295 bits per heavy atom. The average Bonchev–Trinajstić information content (AvgIpc) is 0.784. The molecule has 7 saturated heterocycles. The van der Waals surface area contributed by atoms with E-state index in [1.165, 1.54) is 27.7 Å². The zero-order chi connectivity index (χ0) is 88.8. The van der Waals surface area contributed by atoms with Crippen LogP contribution in [-0.2, 0) is 99.5 Å². The maximum atomic E-state index is 12.2. The van der Waals surface area contributed by atoms with Crippen LogP contribution >= 0.6 is 0 Å². The molecule has 2 saturated carbocycles. The van der Waals surface area contributed by atoms with Gasteiger partial charge in [0.05, 0.1) is 128 Å². The molecule has 25 N–H and O–H groups in total. The number of ether oxygens (including phenoxy) is 21. The Balaban J connectivity index is 0.709. The monoisotopic (exact) mass is 1780 g/mol. The molecule has 2 aliphatic carbocycles. The molecule has 0 radical (unpaired) electrons. The van der Waals surface area contributed by atoms with Crippen LogP contribution in [0.15, 0.2) is 11.5 Å². The zero-order valence-electron chi connectivity index (χ0n) is 68.6. The molecule has 712 valence electrons. The third-order valence-corrected chi connectivity index (χ3v) is 24.5. The fourth-order valence-corrected chi connectivity index (χ4v) is 17.2. The summed E-state index contributed by atoms with van der Waals surface area (Å²) in [4.78, 5) is 0. The Morgan fingerprint density at radius 2 is 0.623 bits per heavy atom. The van der Waals surface area contributed by atoms with Crippen LogP contribution < -0.4 is 0 Å². The second kappa shape index (κ2) is 47.6. The summed E-state index contributed by atoms with van der Waals surface area (Å²) in [5.74, 6) is -3.09. The second-order valence-electron chi connectivity index (χ2n) is 33.1. The lowest BCUT2D eigenvalue weighted by atomic mass is 9.90. The van der Waals surface area contributed by atoms with E-state index in [-0.39, 0.29) is 12.0 Å². The Morgan fingerprint density at radius 3 is 1.02 bits per heavy atom. The zero-order valence-corrected chi connectivity index (χ0v) is 68.6. The van der Waals surface area contributed by atoms with Crippen molar-refractivity contribution in [3.05, 3.63) is 11.5 Å². The maximum absolute atomic E-state index is 12.2. The van der Waals surface area contributed by atoms with Crippen molar-refractivity contribution in [1.29, 1.82) is 0 Å². The van der Waals surface area contributed by atoms with Gasteiger partial charge in [0.15, 0.2) is 74.4 Å². The molecule has 0 aromatic heterocycles. The predicted octanol–water partition coefficient (Wildman–Crippen LogP) is -9.71. The van der Waals surface area contributed by atoms with E-state index in [2.05, 4.69) is 0 Å². The van der Waals surface area contributed by atoms with E-state index in [0.29, 0.717) is 44.9 Å². The summed E-state index contributed by atoms with van der Waals surface area (Å²) in [5, 5.41) is 274. The third kappa shape index (κ3) is 24.9. The summed E-state index contributed by atoms with van der Waals surface area (Å²) in [6, 6.07) is 0. The van der Waals surface area contributed by atoms with Gasteiger partial charge in [0, 0.05) is 11.8 Å². The Kier molecular flexibility index (Phi) is 39.7. The molecular formula is C76H132O46. The summed E-state index contributed by atoms with van der Waals surface area (Å²) in [5.41, 5.74) is 0.